The monoisotopic (exact) mass is 299 g/mol. The number of anilines is 1. The van der Waals surface area contributed by atoms with E-state index in [1.54, 1.807) is 10.9 Å². The molecule has 0 radical (unpaired) electrons. The number of nitrogens with zero attached hydrogens (tertiary/aromatic N) is 4. The Morgan fingerprint density at radius 1 is 1.18 bits per heavy atom. The summed E-state index contributed by atoms with van der Waals surface area (Å²) in [4.78, 5) is 8.38. The van der Waals surface area contributed by atoms with E-state index in [0.717, 1.165) is 10.9 Å². The van der Waals surface area contributed by atoms with Crippen LogP contribution in [0.3, 0.4) is 0 Å². The zero-order valence-corrected chi connectivity index (χ0v) is 11.9. The van der Waals surface area contributed by atoms with E-state index < -0.39 is 6.10 Å². The fourth-order valence-electron chi connectivity index (χ4n) is 2.28. The summed E-state index contributed by atoms with van der Waals surface area (Å²) in [5.41, 5.74) is 1.50. The average molecular weight is 299 g/mol. The molecule has 0 bridgehead atoms. The Morgan fingerprint density at radius 2 is 2.00 bits per heavy atom. The Balaban J connectivity index is 1.77. The van der Waals surface area contributed by atoms with Crippen molar-refractivity contribution < 1.29 is 10.2 Å². The first kappa shape index (κ1) is 14.4. The molecule has 0 aliphatic rings. The second-order valence-electron chi connectivity index (χ2n) is 4.86. The molecule has 22 heavy (non-hydrogen) atoms. The maximum Gasteiger partial charge on any atom is 0.163 e. The minimum atomic E-state index is -0.626. The first-order valence-electron chi connectivity index (χ1n) is 7.04. The van der Waals surface area contributed by atoms with Gasteiger partial charge in [-0.15, -0.1) is 0 Å². The van der Waals surface area contributed by atoms with Crippen molar-refractivity contribution in [3.63, 3.8) is 0 Å². The summed E-state index contributed by atoms with van der Waals surface area (Å²) < 4.78 is 1.62. The third-order valence-corrected chi connectivity index (χ3v) is 3.39. The number of benzene rings is 1. The van der Waals surface area contributed by atoms with Gasteiger partial charge in [-0.25, -0.2) is 14.6 Å². The topological polar surface area (TPSA) is 96.1 Å². The van der Waals surface area contributed by atoms with E-state index in [0.29, 0.717) is 24.6 Å². The molecule has 1 aromatic carbocycles. The third kappa shape index (κ3) is 2.90. The highest BCUT2D eigenvalue weighted by Gasteiger charge is 2.11. The van der Waals surface area contributed by atoms with Crippen LogP contribution in [0.25, 0.3) is 11.0 Å². The van der Waals surface area contributed by atoms with E-state index in [4.69, 9.17) is 5.11 Å². The van der Waals surface area contributed by atoms with Crippen molar-refractivity contribution in [2.45, 2.75) is 12.6 Å². The first-order valence-corrected chi connectivity index (χ1v) is 7.04. The maximum absolute atomic E-state index is 10.2. The zero-order chi connectivity index (χ0) is 15.4. The molecule has 2 heterocycles. The lowest BCUT2D eigenvalue weighted by Gasteiger charge is -2.12. The van der Waals surface area contributed by atoms with Crippen molar-refractivity contribution in [1.29, 1.82) is 0 Å². The Labute approximate surface area is 127 Å². The van der Waals surface area contributed by atoms with Crippen molar-refractivity contribution in [2.24, 2.45) is 0 Å². The summed E-state index contributed by atoms with van der Waals surface area (Å²) in [5.74, 6) is 0.615. The largest absolute Gasteiger partial charge is 0.394 e. The maximum atomic E-state index is 10.2. The highest BCUT2D eigenvalue weighted by molar-refractivity contribution is 5.86. The van der Waals surface area contributed by atoms with Gasteiger partial charge in [0, 0.05) is 6.54 Å². The van der Waals surface area contributed by atoms with Gasteiger partial charge in [-0.05, 0) is 5.56 Å². The van der Waals surface area contributed by atoms with Gasteiger partial charge in [0.25, 0.3) is 0 Å². The predicted molar refractivity (Wildman–Crippen MR) is 82.3 cm³/mol. The minimum absolute atomic E-state index is 0.00370. The highest BCUT2D eigenvalue weighted by Crippen LogP contribution is 2.20. The van der Waals surface area contributed by atoms with Crippen molar-refractivity contribution in [2.75, 3.05) is 18.5 Å². The highest BCUT2D eigenvalue weighted by atomic mass is 16.3. The second kappa shape index (κ2) is 6.50. The van der Waals surface area contributed by atoms with Crippen LogP contribution in [0.4, 0.5) is 5.82 Å². The van der Waals surface area contributed by atoms with Crippen LogP contribution in [0.5, 0.6) is 0 Å². The van der Waals surface area contributed by atoms with Gasteiger partial charge in [0.05, 0.1) is 30.8 Å². The fourth-order valence-corrected chi connectivity index (χ4v) is 2.28. The molecule has 0 unspecified atom stereocenters. The number of nitrogens with one attached hydrogen (secondary N) is 1. The van der Waals surface area contributed by atoms with Gasteiger partial charge in [-0.1, -0.05) is 30.3 Å². The van der Waals surface area contributed by atoms with E-state index in [9.17, 15) is 5.11 Å². The molecule has 114 valence electrons. The minimum Gasteiger partial charge on any atom is -0.394 e. The zero-order valence-electron chi connectivity index (χ0n) is 11.9. The lowest BCUT2D eigenvalue weighted by molar-refractivity contribution is 0.191. The van der Waals surface area contributed by atoms with Gasteiger partial charge in [-0.3, -0.25) is 0 Å². The van der Waals surface area contributed by atoms with Crippen LogP contribution in [0.1, 0.15) is 11.7 Å². The van der Waals surface area contributed by atoms with E-state index in [1.165, 1.54) is 6.33 Å². The summed E-state index contributed by atoms with van der Waals surface area (Å²) in [6, 6.07) is 9.44. The normalized spacial score (nSPS) is 12.5. The van der Waals surface area contributed by atoms with E-state index in [-0.39, 0.29) is 6.61 Å². The second-order valence-corrected chi connectivity index (χ2v) is 4.86. The average Bonchev–Trinajstić information content (AvgIpc) is 2.97. The quantitative estimate of drug-likeness (QED) is 0.627. The Hall–Kier alpha value is -2.51. The Bertz CT molecular complexity index is 744. The van der Waals surface area contributed by atoms with E-state index in [2.05, 4.69) is 20.4 Å². The number of aromatic nitrogens is 4. The van der Waals surface area contributed by atoms with Gasteiger partial charge < -0.3 is 15.5 Å². The van der Waals surface area contributed by atoms with Gasteiger partial charge in [0.1, 0.15) is 12.1 Å². The van der Waals surface area contributed by atoms with Crippen LogP contribution >= 0.6 is 0 Å². The van der Waals surface area contributed by atoms with Crippen molar-refractivity contribution in [3.8, 4) is 0 Å². The summed E-state index contributed by atoms with van der Waals surface area (Å²) in [6.07, 6.45) is 2.47. The first-order chi connectivity index (χ1) is 10.8. The number of aliphatic hydroxyl groups excluding tert-OH is 2. The molecule has 0 amide bonds. The molecule has 0 saturated heterocycles. The lowest BCUT2D eigenvalue weighted by Crippen LogP contribution is -2.13. The van der Waals surface area contributed by atoms with Gasteiger partial charge >= 0.3 is 0 Å². The van der Waals surface area contributed by atoms with Gasteiger partial charge in [0.15, 0.2) is 5.65 Å². The summed E-state index contributed by atoms with van der Waals surface area (Å²) in [7, 11) is 0. The smallest absolute Gasteiger partial charge is 0.163 e. The molecule has 0 spiro atoms. The Kier molecular flexibility index (Phi) is 4.27. The SMILES string of the molecule is OCCn1ncc2c(NC[C@@H](O)c3ccccc3)ncnc21. The van der Waals surface area contributed by atoms with Crippen LogP contribution in [-0.2, 0) is 6.54 Å². The number of rotatable bonds is 6. The molecule has 0 saturated carbocycles. The standard InChI is InChI=1S/C15H17N5O2/c21-7-6-20-15-12(8-19-20)14(17-10-18-15)16-9-13(22)11-4-2-1-3-5-11/h1-5,8,10,13,21-22H,6-7,9H2,(H,16,17,18)/t13-/m1/s1. The number of fused-ring (bicyclic) bond motifs is 1. The van der Waals surface area contributed by atoms with Gasteiger partial charge in [0.2, 0.25) is 0 Å². The molecule has 3 rings (SSSR count). The summed E-state index contributed by atoms with van der Waals surface area (Å²) >= 11 is 0. The lowest BCUT2D eigenvalue weighted by atomic mass is 10.1. The molecule has 0 fully saturated rings. The van der Waals surface area contributed by atoms with Crippen molar-refractivity contribution in [3.05, 3.63) is 48.4 Å². The van der Waals surface area contributed by atoms with Crippen molar-refractivity contribution >= 4 is 16.9 Å². The molecule has 3 aromatic rings. The molecule has 3 N–H and O–H groups in total. The van der Waals surface area contributed by atoms with Crippen molar-refractivity contribution in [1.82, 2.24) is 19.7 Å². The van der Waals surface area contributed by atoms with Crippen LogP contribution in [-0.4, -0.2) is 43.1 Å². The molecule has 2 aromatic heterocycles. The van der Waals surface area contributed by atoms with Crippen LogP contribution in [0.2, 0.25) is 0 Å². The Morgan fingerprint density at radius 3 is 2.77 bits per heavy atom. The van der Waals surface area contributed by atoms with E-state index in [1.807, 2.05) is 30.3 Å². The predicted octanol–water partition coefficient (Wildman–Crippen LogP) is 0.964. The molecular weight excluding hydrogens is 282 g/mol. The van der Waals surface area contributed by atoms with Gasteiger partial charge in [-0.2, -0.15) is 5.10 Å². The van der Waals surface area contributed by atoms with Crippen LogP contribution in [0, 0.1) is 0 Å². The number of hydrogen-bond acceptors (Lipinski definition) is 6. The summed E-state index contributed by atoms with van der Waals surface area (Å²) in [5, 5.41) is 27.3. The molecular formula is C15H17N5O2. The molecule has 7 nitrogen and oxygen atoms in total. The third-order valence-electron chi connectivity index (χ3n) is 3.39. The molecule has 1 atom stereocenters. The fraction of sp³-hybridized carbons (Fsp3) is 0.267. The molecule has 7 heteroatoms. The number of hydrogen-bond donors (Lipinski definition) is 3. The molecule has 0 aliphatic heterocycles. The van der Waals surface area contributed by atoms with Crippen LogP contribution < -0.4 is 5.32 Å². The molecule has 0 aliphatic carbocycles. The number of aliphatic hydroxyl groups is 2. The van der Waals surface area contributed by atoms with E-state index >= 15 is 0 Å². The van der Waals surface area contributed by atoms with Crippen LogP contribution in [0.15, 0.2) is 42.9 Å². The summed E-state index contributed by atoms with van der Waals surface area (Å²) in [6.45, 7) is 0.712.